The van der Waals surface area contributed by atoms with Gasteiger partial charge in [0, 0.05) is 13.8 Å². The summed E-state index contributed by atoms with van der Waals surface area (Å²) in [5.41, 5.74) is -4.98. The van der Waals surface area contributed by atoms with Crippen LogP contribution in [0, 0.1) is 10.8 Å². The van der Waals surface area contributed by atoms with Gasteiger partial charge in [-0.15, -0.1) is 0 Å². The molecule has 0 aromatic rings. The Hall–Kier alpha value is -3.44. The molecule has 0 bridgehead atoms. The van der Waals surface area contributed by atoms with Gasteiger partial charge in [-0.1, -0.05) is 0 Å². The molecule has 0 atom stereocenters. The van der Waals surface area contributed by atoms with E-state index in [2.05, 4.69) is 9.47 Å². The average Bonchev–Trinajstić information content (AvgIpc) is 3.00. The molecule has 0 rings (SSSR count). The van der Waals surface area contributed by atoms with E-state index in [9.17, 15) is 45.6 Å². The van der Waals surface area contributed by atoms with E-state index in [-0.39, 0.29) is 26.4 Å². The SMILES string of the molecule is CCOC(=O)C(COCOC(C)=O)(COS(=O)(=O)CCCS(=O)(=O)OCC(COCOC(C)=O)(C(=O)OCC)C(=O)OCC)C(=O)OCC. The van der Waals surface area contributed by atoms with Crippen LogP contribution in [-0.4, -0.2) is 131 Å². The molecule has 0 radical (unpaired) electrons. The van der Waals surface area contributed by atoms with Crippen LogP contribution in [0.2, 0.25) is 0 Å². The Morgan fingerprint density at radius 3 is 1.00 bits per heavy atom. The van der Waals surface area contributed by atoms with Crippen molar-refractivity contribution in [3.8, 4) is 0 Å². The van der Waals surface area contributed by atoms with Gasteiger partial charge in [0.15, 0.2) is 13.6 Å². The highest BCUT2D eigenvalue weighted by Crippen LogP contribution is 2.27. The van der Waals surface area contributed by atoms with Gasteiger partial charge < -0.3 is 37.9 Å². The lowest BCUT2D eigenvalue weighted by atomic mass is 9.90. The van der Waals surface area contributed by atoms with Gasteiger partial charge in [-0.05, 0) is 34.1 Å². The fourth-order valence-corrected chi connectivity index (χ4v) is 5.57. The molecule has 20 nitrogen and oxygen atoms in total. The van der Waals surface area contributed by atoms with Gasteiger partial charge in [-0.2, -0.15) is 16.8 Å². The molecule has 0 saturated heterocycles. The summed E-state index contributed by atoms with van der Waals surface area (Å²) in [7, 11) is -9.34. The summed E-state index contributed by atoms with van der Waals surface area (Å²) in [5.74, 6) is -8.57. The largest absolute Gasteiger partial charge is 0.465 e. The standard InChI is InChI=1S/C27H44O20S2/c1-7-40-22(30)26(23(31)41-8-2,14-38-18-44-20(5)28)16-46-48(34,35)12-11-13-49(36,37)47-17-27(24(32)42-9-3,25(33)43-10-4)15-39-19-45-21(6)29/h7-19H2,1-6H3. The fourth-order valence-electron chi connectivity index (χ4n) is 3.39. The number of ether oxygens (including phenoxy) is 8. The normalized spacial score (nSPS) is 12.0. The van der Waals surface area contributed by atoms with Gasteiger partial charge in [0.1, 0.15) is 0 Å². The third-order valence-electron chi connectivity index (χ3n) is 5.81. The monoisotopic (exact) mass is 752 g/mol. The first kappa shape index (κ1) is 45.6. The maximum Gasteiger partial charge on any atom is 0.328 e. The smallest absolute Gasteiger partial charge is 0.328 e. The van der Waals surface area contributed by atoms with E-state index in [1.807, 2.05) is 0 Å². The molecule has 0 fully saturated rings. The van der Waals surface area contributed by atoms with Crippen molar-refractivity contribution < 1.29 is 91.9 Å². The average molecular weight is 753 g/mol. The number of rotatable bonds is 26. The maximum atomic E-state index is 12.8. The van der Waals surface area contributed by atoms with Crippen LogP contribution >= 0.6 is 0 Å². The Labute approximate surface area is 284 Å². The topological polar surface area (TPSA) is 263 Å². The van der Waals surface area contributed by atoms with Gasteiger partial charge in [-0.3, -0.25) is 37.1 Å². The fraction of sp³-hybridized carbons (Fsp3) is 0.778. The number of carbonyl (C=O) groups excluding carboxylic acids is 6. The Morgan fingerprint density at radius 1 is 0.469 bits per heavy atom. The van der Waals surface area contributed by atoms with Gasteiger partial charge in [0.2, 0.25) is 10.8 Å². The van der Waals surface area contributed by atoms with Crippen LogP contribution in [0.3, 0.4) is 0 Å². The van der Waals surface area contributed by atoms with Crippen molar-refractivity contribution in [3.63, 3.8) is 0 Å². The van der Waals surface area contributed by atoms with E-state index in [4.69, 9.17) is 36.8 Å². The lowest BCUT2D eigenvalue weighted by molar-refractivity contribution is -0.187. The highest BCUT2D eigenvalue weighted by atomic mass is 32.2. The molecular formula is C27H44O20S2. The summed E-state index contributed by atoms with van der Waals surface area (Å²) in [6.07, 6.45) is -0.672. The molecule has 0 aliphatic rings. The molecule has 0 heterocycles. The van der Waals surface area contributed by atoms with Gasteiger partial charge >= 0.3 is 35.8 Å². The Morgan fingerprint density at radius 2 is 0.755 bits per heavy atom. The molecule has 0 spiro atoms. The van der Waals surface area contributed by atoms with Crippen molar-refractivity contribution in [2.75, 3.05) is 77.9 Å². The van der Waals surface area contributed by atoms with Gasteiger partial charge in [0.25, 0.3) is 20.2 Å². The van der Waals surface area contributed by atoms with Crippen LogP contribution in [0.15, 0.2) is 0 Å². The van der Waals surface area contributed by atoms with Crippen LogP contribution < -0.4 is 0 Å². The molecule has 22 heteroatoms. The summed E-state index contributed by atoms with van der Waals surface area (Å²) >= 11 is 0. The van der Waals surface area contributed by atoms with Crippen LogP contribution in [0.1, 0.15) is 48.0 Å². The van der Waals surface area contributed by atoms with E-state index in [1.165, 1.54) is 27.7 Å². The third-order valence-corrected chi connectivity index (χ3v) is 8.34. The first-order valence-electron chi connectivity index (χ1n) is 14.7. The van der Waals surface area contributed by atoms with E-state index < -0.39 is 125 Å². The summed E-state index contributed by atoms with van der Waals surface area (Å²) in [6.45, 7) is 1.24. The molecule has 0 aliphatic heterocycles. The number of hydrogen-bond acceptors (Lipinski definition) is 20. The quantitative estimate of drug-likeness (QED) is 0.0266. The highest BCUT2D eigenvalue weighted by Gasteiger charge is 2.52. The molecular weight excluding hydrogens is 708 g/mol. The third kappa shape index (κ3) is 16.2. The van der Waals surface area contributed by atoms with Crippen LogP contribution in [0.5, 0.6) is 0 Å². The Kier molecular flexibility index (Phi) is 20.7. The van der Waals surface area contributed by atoms with Crippen molar-refractivity contribution in [1.82, 2.24) is 0 Å². The molecule has 284 valence electrons. The van der Waals surface area contributed by atoms with Crippen molar-refractivity contribution in [2.24, 2.45) is 10.8 Å². The number of carbonyl (C=O) groups is 6. The van der Waals surface area contributed by atoms with Crippen molar-refractivity contribution in [2.45, 2.75) is 48.0 Å². The lowest BCUT2D eigenvalue weighted by Crippen LogP contribution is -2.50. The van der Waals surface area contributed by atoms with E-state index in [0.717, 1.165) is 13.8 Å². The summed E-state index contributed by atoms with van der Waals surface area (Å²) < 4.78 is 99.7. The van der Waals surface area contributed by atoms with Crippen molar-refractivity contribution >= 4 is 56.1 Å². The lowest BCUT2D eigenvalue weighted by Gasteiger charge is -2.28. The minimum Gasteiger partial charge on any atom is -0.465 e. The molecule has 0 amide bonds. The van der Waals surface area contributed by atoms with Crippen LogP contribution in [0.25, 0.3) is 0 Å². The van der Waals surface area contributed by atoms with Crippen LogP contribution in [-0.2, 0) is 95.3 Å². The van der Waals surface area contributed by atoms with Crippen molar-refractivity contribution in [3.05, 3.63) is 0 Å². The minimum atomic E-state index is -4.67. The molecule has 0 aliphatic carbocycles. The van der Waals surface area contributed by atoms with E-state index in [1.54, 1.807) is 0 Å². The Bertz CT molecular complexity index is 1190. The number of esters is 6. The molecule has 0 aromatic heterocycles. The first-order chi connectivity index (χ1) is 22.9. The minimum absolute atomic E-state index is 0.236. The predicted octanol–water partition coefficient (Wildman–Crippen LogP) is -0.631. The number of hydrogen-bond donors (Lipinski definition) is 0. The molecule has 0 saturated carbocycles. The summed E-state index contributed by atoms with van der Waals surface area (Å²) in [5, 5.41) is 0. The summed E-state index contributed by atoms with van der Waals surface area (Å²) in [4.78, 5) is 73.4. The highest BCUT2D eigenvalue weighted by molar-refractivity contribution is 7.87. The van der Waals surface area contributed by atoms with Crippen LogP contribution in [0.4, 0.5) is 0 Å². The molecule has 0 unspecified atom stereocenters. The second kappa shape index (κ2) is 22.3. The van der Waals surface area contributed by atoms with Crippen molar-refractivity contribution in [1.29, 1.82) is 0 Å². The predicted molar refractivity (Wildman–Crippen MR) is 161 cm³/mol. The zero-order valence-corrected chi connectivity index (χ0v) is 29.8. The second-order valence-electron chi connectivity index (χ2n) is 9.65. The van der Waals surface area contributed by atoms with Gasteiger partial charge in [0.05, 0.1) is 64.4 Å². The van der Waals surface area contributed by atoms with E-state index in [0.29, 0.717) is 0 Å². The zero-order valence-electron chi connectivity index (χ0n) is 28.2. The Balaban J connectivity index is 5.84. The molecule has 49 heavy (non-hydrogen) atoms. The zero-order chi connectivity index (χ0) is 37.7. The summed E-state index contributed by atoms with van der Waals surface area (Å²) in [6, 6.07) is 0. The first-order valence-corrected chi connectivity index (χ1v) is 17.9. The second-order valence-corrected chi connectivity index (χ2v) is 13.2. The maximum absolute atomic E-state index is 12.8. The molecule has 0 aromatic carbocycles. The molecule has 0 N–H and O–H groups in total. The van der Waals surface area contributed by atoms with E-state index >= 15 is 0 Å². The van der Waals surface area contributed by atoms with Gasteiger partial charge in [-0.25, -0.2) is 0 Å².